The standard InChI is InChI=1S/C16H26N2O2S/c1-14(11-12-16-9-4-3-5-10-16)17-21(19,20)18-13-7-6-8-15(18)2/h3-5,9-10,14-15,17H,6-8,11-13H2,1-2H3/t14-,15+/m0/s1. The van der Waals surface area contributed by atoms with Crippen LogP contribution in [0.25, 0.3) is 0 Å². The van der Waals surface area contributed by atoms with Gasteiger partial charge in [-0.3, -0.25) is 0 Å². The van der Waals surface area contributed by atoms with E-state index in [1.54, 1.807) is 4.31 Å². The molecule has 1 aliphatic rings. The zero-order valence-corrected chi connectivity index (χ0v) is 13.8. The summed E-state index contributed by atoms with van der Waals surface area (Å²) in [6.07, 6.45) is 4.74. The largest absolute Gasteiger partial charge is 0.279 e. The Bertz CT molecular complexity index is 530. The van der Waals surface area contributed by atoms with Crippen LogP contribution in [0.1, 0.15) is 45.1 Å². The molecule has 0 unspecified atom stereocenters. The molecule has 2 rings (SSSR count). The molecule has 5 heteroatoms. The van der Waals surface area contributed by atoms with Crippen molar-refractivity contribution in [2.24, 2.45) is 0 Å². The highest BCUT2D eigenvalue weighted by Crippen LogP contribution is 2.19. The van der Waals surface area contributed by atoms with Gasteiger partial charge in [0.2, 0.25) is 0 Å². The lowest BCUT2D eigenvalue weighted by molar-refractivity contribution is 0.263. The summed E-state index contributed by atoms with van der Waals surface area (Å²) in [4.78, 5) is 0. The van der Waals surface area contributed by atoms with Crippen molar-refractivity contribution in [3.05, 3.63) is 35.9 Å². The molecule has 2 atom stereocenters. The monoisotopic (exact) mass is 310 g/mol. The number of nitrogens with zero attached hydrogens (tertiary/aromatic N) is 1. The summed E-state index contributed by atoms with van der Waals surface area (Å²) in [5.41, 5.74) is 1.25. The fourth-order valence-electron chi connectivity index (χ4n) is 2.84. The van der Waals surface area contributed by atoms with Crippen LogP contribution < -0.4 is 4.72 Å². The molecule has 1 aliphatic heterocycles. The normalized spacial score (nSPS) is 22.1. The molecule has 0 spiro atoms. The van der Waals surface area contributed by atoms with E-state index in [4.69, 9.17) is 0 Å². The number of benzene rings is 1. The first-order valence-corrected chi connectivity index (χ1v) is 9.26. The summed E-state index contributed by atoms with van der Waals surface area (Å²) < 4.78 is 29.3. The maximum atomic E-state index is 12.4. The van der Waals surface area contributed by atoms with E-state index < -0.39 is 10.2 Å². The number of hydrogen-bond donors (Lipinski definition) is 1. The Balaban J connectivity index is 1.87. The maximum Gasteiger partial charge on any atom is 0.279 e. The summed E-state index contributed by atoms with van der Waals surface area (Å²) in [6, 6.07) is 10.2. The molecule has 0 aliphatic carbocycles. The van der Waals surface area contributed by atoms with Crippen LogP contribution >= 0.6 is 0 Å². The highest BCUT2D eigenvalue weighted by atomic mass is 32.2. The summed E-state index contributed by atoms with van der Waals surface area (Å²) in [7, 11) is -3.35. The summed E-state index contributed by atoms with van der Waals surface area (Å²) in [6.45, 7) is 4.57. The number of rotatable bonds is 6. The van der Waals surface area contributed by atoms with Gasteiger partial charge in [-0.15, -0.1) is 0 Å². The first-order chi connectivity index (χ1) is 9.99. The Morgan fingerprint density at radius 1 is 1.29 bits per heavy atom. The van der Waals surface area contributed by atoms with Gasteiger partial charge in [0, 0.05) is 18.6 Å². The van der Waals surface area contributed by atoms with Crippen LogP contribution in [0.5, 0.6) is 0 Å². The van der Waals surface area contributed by atoms with E-state index in [0.717, 1.165) is 32.1 Å². The van der Waals surface area contributed by atoms with Crippen molar-refractivity contribution >= 4 is 10.2 Å². The minimum Gasteiger partial charge on any atom is -0.199 e. The molecule has 4 nitrogen and oxygen atoms in total. The second-order valence-corrected chi connectivity index (χ2v) is 7.66. The molecule has 0 radical (unpaired) electrons. The van der Waals surface area contributed by atoms with Crippen molar-refractivity contribution in [3.8, 4) is 0 Å². The van der Waals surface area contributed by atoms with Crippen molar-refractivity contribution in [3.63, 3.8) is 0 Å². The molecule has 118 valence electrons. The van der Waals surface area contributed by atoms with Crippen LogP contribution in [-0.2, 0) is 16.6 Å². The predicted molar refractivity (Wildman–Crippen MR) is 86.3 cm³/mol. The molecule has 0 saturated carbocycles. The number of aryl methyl sites for hydroxylation is 1. The van der Waals surface area contributed by atoms with Crippen LogP contribution in [0.3, 0.4) is 0 Å². The minimum absolute atomic E-state index is 0.0515. The number of piperidine rings is 1. The maximum absolute atomic E-state index is 12.4. The van der Waals surface area contributed by atoms with Crippen molar-refractivity contribution in [2.75, 3.05) is 6.54 Å². The average molecular weight is 310 g/mol. The first kappa shape index (κ1) is 16.5. The highest BCUT2D eigenvalue weighted by molar-refractivity contribution is 7.87. The van der Waals surface area contributed by atoms with E-state index in [9.17, 15) is 8.42 Å². The Kier molecular flexibility index (Phi) is 5.79. The smallest absolute Gasteiger partial charge is 0.199 e. The number of nitrogens with one attached hydrogen (secondary N) is 1. The molecule has 21 heavy (non-hydrogen) atoms. The molecular formula is C16H26N2O2S. The first-order valence-electron chi connectivity index (χ1n) is 7.82. The number of hydrogen-bond acceptors (Lipinski definition) is 2. The van der Waals surface area contributed by atoms with Gasteiger partial charge in [0.15, 0.2) is 0 Å². The van der Waals surface area contributed by atoms with Crippen molar-refractivity contribution in [1.82, 2.24) is 9.03 Å². The van der Waals surface area contributed by atoms with Crippen molar-refractivity contribution in [1.29, 1.82) is 0 Å². The highest BCUT2D eigenvalue weighted by Gasteiger charge is 2.30. The Labute approximate surface area is 128 Å². The molecule has 1 aromatic rings. The zero-order chi connectivity index (χ0) is 15.3. The van der Waals surface area contributed by atoms with Crippen LogP contribution in [0.2, 0.25) is 0 Å². The Morgan fingerprint density at radius 3 is 2.67 bits per heavy atom. The molecule has 1 heterocycles. The predicted octanol–water partition coefficient (Wildman–Crippen LogP) is 2.72. The molecule has 1 saturated heterocycles. The third-order valence-electron chi connectivity index (χ3n) is 4.11. The van der Waals surface area contributed by atoms with E-state index in [-0.39, 0.29) is 12.1 Å². The van der Waals surface area contributed by atoms with Gasteiger partial charge in [-0.05, 0) is 45.1 Å². The van der Waals surface area contributed by atoms with Crippen LogP contribution in [0.15, 0.2) is 30.3 Å². The Hall–Kier alpha value is -0.910. The zero-order valence-electron chi connectivity index (χ0n) is 13.0. The van der Waals surface area contributed by atoms with Crippen LogP contribution in [0.4, 0.5) is 0 Å². The summed E-state index contributed by atoms with van der Waals surface area (Å²) >= 11 is 0. The fourth-order valence-corrected chi connectivity index (χ4v) is 4.55. The van der Waals surface area contributed by atoms with Crippen molar-refractivity contribution in [2.45, 2.75) is 58.0 Å². The molecule has 1 N–H and O–H groups in total. The van der Waals surface area contributed by atoms with E-state index in [2.05, 4.69) is 16.9 Å². The second kappa shape index (κ2) is 7.38. The minimum atomic E-state index is -3.35. The quantitative estimate of drug-likeness (QED) is 0.878. The van der Waals surface area contributed by atoms with Gasteiger partial charge in [0.05, 0.1) is 0 Å². The second-order valence-electron chi connectivity index (χ2n) is 6.00. The lowest BCUT2D eigenvalue weighted by atomic mass is 10.1. The van der Waals surface area contributed by atoms with Gasteiger partial charge < -0.3 is 0 Å². The fraction of sp³-hybridized carbons (Fsp3) is 0.625. The van der Waals surface area contributed by atoms with Crippen molar-refractivity contribution < 1.29 is 8.42 Å². The lowest BCUT2D eigenvalue weighted by Crippen LogP contribution is -2.50. The van der Waals surface area contributed by atoms with Gasteiger partial charge in [0.25, 0.3) is 10.2 Å². The van der Waals surface area contributed by atoms with Gasteiger partial charge in [0.1, 0.15) is 0 Å². The van der Waals surface area contributed by atoms with Gasteiger partial charge >= 0.3 is 0 Å². The van der Waals surface area contributed by atoms with E-state index in [0.29, 0.717) is 6.54 Å². The topological polar surface area (TPSA) is 49.4 Å². The third-order valence-corrected chi connectivity index (χ3v) is 5.97. The van der Waals surface area contributed by atoms with Gasteiger partial charge in [-0.2, -0.15) is 17.4 Å². The summed E-state index contributed by atoms with van der Waals surface area (Å²) in [5.74, 6) is 0. The molecule has 1 fully saturated rings. The Morgan fingerprint density at radius 2 is 2.00 bits per heavy atom. The van der Waals surface area contributed by atoms with Gasteiger partial charge in [-0.1, -0.05) is 36.8 Å². The molecule has 0 bridgehead atoms. The third kappa shape index (κ3) is 4.80. The molecule has 0 amide bonds. The summed E-state index contributed by atoms with van der Waals surface area (Å²) in [5, 5.41) is 0. The van der Waals surface area contributed by atoms with Gasteiger partial charge in [-0.25, -0.2) is 0 Å². The molecular weight excluding hydrogens is 284 g/mol. The van der Waals surface area contributed by atoms with E-state index in [1.807, 2.05) is 32.0 Å². The lowest BCUT2D eigenvalue weighted by Gasteiger charge is -2.33. The van der Waals surface area contributed by atoms with Crippen LogP contribution in [-0.4, -0.2) is 31.4 Å². The SMILES string of the molecule is C[C@@H]1CCCCN1S(=O)(=O)N[C@@H](C)CCc1ccccc1. The van der Waals surface area contributed by atoms with E-state index in [1.165, 1.54) is 5.56 Å². The van der Waals surface area contributed by atoms with E-state index >= 15 is 0 Å². The average Bonchev–Trinajstić information content (AvgIpc) is 2.46. The molecule has 0 aromatic heterocycles. The molecule has 1 aromatic carbocycles. The van der Waals surface area contributed by atoms with Crippen LogP contribution in [0, 0.1) is 0 Å².